The van der Waals surface area contributed by atoms with Crippen LogP contribution in [0.25, 0.3) is 12.2 Å². The van der Waals surface area contributed by atoms with Crippen LogP contribution in [0, 0.1) is 0 Å². The Bertz CT molecular complexity index is 1060. The van der Waals surface area contributed by atoms with Crippen molar-refractivity contribution in [2.45, 2.75) is 11.8 Å². The number of rotatable bonds is 4. The van der Waals surface area contributed by atoms with Gasteiger partial charge in [0.2, 0.25) is 0 Å². The lowest BCUT2D eigenvalue weighted by atomic mass is 9.59. The maximum atomic E-state index is 2.37. The molecule has 0 N–H and O–H groups in total. The predicted molar refractivity (Wildman–Crippen MR) is 127 cm³/mol. The van der Waals surface area contributed by atoms with E-state index in [1.165, 1.54) is 33.4 Å². The maximum absolute atomic E-state index is 2.37. The monoisotopic (exact) mass is 384 g/mol. The first-order valence-electron chi connectivity index (χ1n) is 10.5. The molecule has 0 amide bonds. The second kappa shape index (κ2) is 8.39. The zero-order valence-corrected chi connectivity index (χ0v) is 16.9. The number of benzene rings is 4. The standard InChI is InChI=1S/C30H24/c1-5-13-23(14-6-1)21-27-28(22-24-15-7-2-8-16-24)30(26-19-11-4-12-20-26)29(27)25-17-9-3-10-18-25/h1-22,29-30H/b27-21+,28-22+/t29-,30+. The molecule has 144 valence electrons. The summed E-state index contributed by atoms with van der Waals surface area (Å²) >= 11 is 0. The van der Waals surface area contributed by atoms with E-state index in [1.807, 2.05) is 0 Å². The Labute approximate surface area is 178 Å². The minimum Gasteiger partial charge on any atom is -0.0622 e. The molecular weight excluding hydrogens is 360 g/mol. The summed E-state index contributed by atoms with van der Waals surface area (Å²) in [5, 5.41) is 0. The summed E-state index contributed by atoms with van der Waals surface area (Å²) in [5.41, 5.74) is 8.06. The molecule has 0 aromatic heterocycles. The van der Waals surface area contributed by atoms with Gasteiger partial charge in [-0.2, -0.15) is 0 Å². The molecule has 1 aliphatic carbocycles. The van der Waals surface area contributed by atoms with E-state index in [-0.39, 0.29) is 0 Å². The Balaban J connectivity index is 1.68. The molecule has 1 aliphatic rings. The zero-order valence-electron chi connectivity index (χ0n) is 16.9. The first-order chi connectivity index (χ1) is 14.9. The Hall–Kier alpha value is -3.64. The van der Waals surface area contributed by atoms with Gasteiger partial charge in [-0.05, 0) is 33.4 Å². The van der Waals surface area contributed by atoms with Crippen LogP contribution in [0.3, 0.4) is 0 Å². The summed E-state index contributed by atoms with van der Waals surface area (Å²) in [5.74, 6) is 0.701. The SMILES string of the molecule is C(=C1/C(=C\c2ccccc2)[C@@H](c2ccccc2)[C@H]1c1ccccc1)/c1ccccc1. The van der Waals surface area contributed by atoms with Crippen LogP contribution >= 0.6 is 0 Å². The fourth-order valence-corrected chi connectivity index (χ4v) is 4.49. The van der Waals surface area contributed by atoms with Crippen LogP contribution in [0.5, 0.6) is 0 Å². The van der Waals surface area contributed by atoms with Crippen LogP contribution < -0.4 is 0 Å². The van der Waals surface area contributed by atoms with E-state index in [2.05, 4.69) is 133 Å². The van der Waals surface area contributed by atoms with Gasteiger partial charge in [0, 0.05) is 11.8 Å². The van der Waals surface area contributed by atoms with Crippen molar-refractivity contribution in [1.29, 1.82) is 0 Å². The van der Waals surface area contributed by atoms with Crippen molar-refractivity contribution >= 4 is 12.2 Å². The molecule has 1 fully saturated rings. The van der Waals surface area contributed by atoms with Crippen molar-refractivity contribution < 1.29 is 0 Å². The summed E-state index contributed by atoms with van der Waals surface area (Å²) in [6, 6.07) is 43.2. The quantitative estimate of drug-likeness (QED) is 0.338. The minimum absolute atomic E-state index is 0.351. The molecule has 4 aromatic rings. The van der Waals surface area contributed by atoms with Gasteiger partial charge in [0.1, 0.15) is 0 Å². The molecule has 0 heterocycles. The van der Waals surface area contributed by atoms with Gasteiger partial charge in [0.05, 0.1) is 0 Å². The first kappa shape index (κ1) is 18.4. The minimum atomic E-state index is 0.351. The average molecular weight is 385 g/mol. The van der Waals surface area contributed by atoms with Gasteiger partial charge >= 0.3 is 0 Å². The maximum Gasteiger partial charge on any atom is 0.0202 e. The third-order valence-electron chi connectivity index (χ3n) is 5.90. The van der Waals surface area contributed by atoms with E-state index in [0.717, 1.165) is 0 Å². The van der Waals surface area contributed by atoms with Crippen molar-refractivity contribution in [2.24, 2.45) is 0 Å². The van der Waals surface area contributed by atoms with Crippen LogP contribution in [0.4, 0.5) is 0 Å². The number of allylic oxidation sites excluding steroid dienone is 2. The normalized spacial score (nSPS) is 20.8. The Morgan fingerprint density at radius 2 is 0.667 bits per heavy atom. The average Bonchev–Trinajstić information content (AvgIpc) is 2.82. The van der Waals surface area contributed by atoms with E-state index >= 15 is 0 Å². The van der Waals surface area contributed by atoms with Crippen molar-refractivity contribution in [3.05, 3.63) is 155 Å². The number of hydrogen-bond donors (Lipinski definition) is 0. The molecule has 5 rings (SSSR count). The molecule has 0 radical (unpaired) electrons. The van der Waals surface area contributed by atoms with Crippen LogP contribution in [0.15, 0.2) is 132 Å². The molecule has 0 bridgehead atoms. The van der Waals surface area contributed by atoms with E-state index in [4.69, 9.17) is 0 Å². The zero-order chi connectivity index (χ0) is 20.2. The van der Waals surface area contributed by atoms with Crippen molar-refractivity contribution in [3.63, 3.8) is 0 Å². The highest BCUT2D eigenvalue weighted by Crippen LogP contribution is 2.58. The molecule has 0 unspecified atom stereocenters. The molecule has 0 saturated heterocycles. The van der Waals surface area contributed by atoms with Crippen molar-refractivity contribution in [1.82, 2.24) is 0 Å². The summed E-state index contributed by atoms with van der Waals surface area (Å²) in [6.45, 7) is 0. The molecule has 0 aliphatic heterocycles. The summed E-state index contributed by atoms with van der Waals surface area (Å²) < 4.78 is 0. The third-order valence-corrected chi connectivity index (χ3v) is 5.90. The lowest BCUT2D eigenvalue weighted by Gasteiger charge is -2.44. The largest absolute Gasteiger partial charge is 0.0622 e. The highest BCUT2D eigenvalue weighted by molar-refractivity contribution is 5.77. The number of hydrogen-bond acceptors (Lipinski definition) is 0. The highest BCUT2D eigenvalue weighted by Gasteiger charge is 2.42. The summed E-state index contributed by atoms with van der Waals surface area (Å²) in [7, 11) is 0. The Morgan fingerprint density at radius 1 is 0.367 bits per heavy atom. The van der Waals surface area contributed by atoms with Crippen LogP contribution in [0.2, 0.25) is 0 Å². The summed E-state index contributed by atoms with van der Waals surface area (Å²) in [6.07, 6.45) is 4.73. The fourth-order valence-electron chi connectivity index (χ4n) is 4.49. The Kier molecular flexibility index (Phi) is 5.14. The highest BCUT2D eigenvalue weighted by atomic mass is 14.4. The topological polar surface area (TPSA) is 0 Å². The van der Waals surface area contributed by atoms with Gasteiger partial charge in [-0.15, -0.1) is 0 Å². The second-order valence-corrected chi connectivity index (χ2v) is 7.80. The van der Waals surface area contributed by atoms with E-state index in [0.29, 0.717) is 11.8 Å². The van der Waals surface area contributed by atoms with E-state index in [9.17, 15) is 0 Å². The second-order valence-electron chi connectivity index (χ2n) is 7.80. The molecular formula is C30H24. The van der Waals surface area contributed by atoms with Gasteiger partial charge < -0.3 is 0 Å². The smallest absolute Gasteiger partial charge is 0.0202 e. The Morgan fingerprint density at radius 3 is 1.00 bits per heavy atom. The van der Waals surface area contributed by atoms with Crippen LogP contribution in [-0.4, -0.2) is 0 Å². The van der Waals surface area contributed by atoms with Gasteiger partial charge in [0.15, 0.2) is 0 Å². The lowest BCUT2D eigenvalue weighted by Crippen LogP contribution is -2.28. The fraction of sp³-hybridized carbons (Fsp3) is 0.0667. The predicted octanol–water partition coefficient (Wildman–Crippen LogP) is 7.73. The van der Waals surface area contributed by atoms with Crippen molar-refractivity contribution in [2.75, 3.05) is 0 Å². The molecule has 1 saturated carbocycles. The first-order valence-corrected chi connectivity index (χ1v) is 10.5. The van der Waals surface area contributed by atoms with Crippen LogP contribution in [0.1, 0.15) is 34.1 Å². The molecule has 0 spiro atoms. The molecule has 0 nitrogen and oxygen atoms in total. The molecule has 0 heteroatoms. The van der Waals surface area contributed by atoms with Crippen LogP contribution in [-0.2, 0) is 0 Å². The molecule has 4 aromatic carbocycles. The third kappa shape index (κ3) is 3.65. The van der Waals surface area contributed by atoms with E-state index in [1.54, 1.807) is 0 Å². The van der Waals surface area contributed by atoms with Gasteiger partial charge in [-0.25, -0.2) is 0 Å². The summed E-state index contributed by atoms with van der Waals surface area (Å²) in [4.78, 5) is 0. The van der Waals surface area contributed by atoms with Gasteiger partial charge in [-0.1, -0.05) is 133 Å². The molecule has 30 heavy (non-hydrogen) atoms. The molecule has 2 atom stereocenters. The van der Waals surface area contributed by atoms with Crippen molar-refractivity contribution in [3.8, 4) is 0 Å². The lowest BCUT2D eigenvalue weighted by molar-refractivity contribution is 0.596. The van der Waals surface area contributed by atoms with Gasteiger partial charge in [0.25, 0.3) is 0 Å². The van der Waals surface area contributed by atoms with E-state index < -0.39 is 0 Å². The van der Waals surface area contributed by atoms with Gasteiger partial charge in [-0.3, -0.25) is 0 Å².